The van der Waals surface area contributed by atoms with Gasteiger partial charge in [0.1, 0.15) is 23.7 Å². The number of nitrogens with zero attached hydrogens (tertiary/aromatic N) is 8. The molecule has 5 N–H and O–H groups in total. The number of aromatic amines is 1. The monoisotopic (exact) mass is 558 g/mol. The molecule has 5 rings (SSSR count). The van der Waals surface area contributed by atoms with Crippen LogP contribution in [0.25, 0.3) is 11.4 Å². The number of anilines is 1. The van der Waals surface area contributed by atoms with Crippen LogP contribution in [-0.4, -0.2) is 87.3 Å². The number of carbonyl (C=O) groups excluding carboxylic acids is 2. The number of aliphatic carboxylic acids is 1. The summed E-state index contributed by atoms with van der Waals surface area (Å²) in [5, 5.41) is 29.7. The molecule has 0 aromatic carbocycles. The van der Waals surface area contributed by atoms with Gasteiger partial charge in [-0.1, -0.05) is 5.16 Å². The van der Waals surface area contributed by atoms with Crippen LogP contribution in [0.4, 0.5) is 5.13 Å². The zero-order chi connectivity index (χ0) is 26.8. The van der Waals surface area contributed by atoms with E-state index in [1.165, 1.54) is 16.7 Å². The summed E-state index contributed by atoms with van der Waals surface area (Å²) in [5.41, 5.74) is 6.49. The number of hydrogen-bond acceptors (Lipinski definition) is 13. The predicted molar refractivity (Wildman–Crippen MR) is 132 cm³/mol. The van der Waals surface area contributed by atoms with Gasteiger partial charge in [-0.2, -0.15) is 14.6 Å². The van der Waals surface area contributed by atoms with Crippen molar-refractivity contribution in [3.05, 3.63) is 41.6 Å². The maximum absolute atomic E-state index is 13.1. The Morgan fingerprint density at radius 3 is 2.97 bits per heavy atom. The van der Waals surface area contributed by atoms with Gasteiger partial charge in [-0.3, -0.25) is 14.5 Å². The van der Waals surface area contributed by atoms with Crippen molar-refractivity contribution < 1.29 is 28.9 Å². The second-order valence-electron chi connectivity index (χ2n) is 7.93. The van der Waals surface area contributed by atoms with Crippen LogP contribution in [0.3, 0.4) is 0 Å². The van der Waals surface area contributed by atoms with E-state index in [0.29, 0.717) is 22.7 Å². The lowest BCUT2D eigenvalue weighted by Crippen LogP contribution is -2.71. The first kappa shape index (κ1) is 25.2. The molecular formula is C20H20N11O5S2+. The van der Waals surface area contributed by atoms with Gasteiger partial charge < -0.3 is 21.0 Å². The maximum Gasteiger partial charge on any atom is 0.352 e. The lowest BCUT2D eigenvalue weighted by atomic mass is 10.0. The zero-order valence-corrected chi connectivity index (χ0v) is 21.3. The van der Waals surface area contributed by atoms with E-state index in [0.717, 1.165) is 11.5 Å². The number of nitrogens with two attached hydrogens (primary N) is 1. The number of β-lactam (4-membered cyclic amide) rings is 1. The minimum Gasteiger partial charge on any atom is -0.477 e. The predicted octanol–water partition coefficient (Wildman–Crippen LogP) is -1.23. The summed E-state index contributed by atoms with van der Waals surface area (Å²) in [7, 11) is 0. The Hall–Kier alpha value is -4.45. The molecule has 16 nitrogen and oxygen atoms in total. The topological polar surface area (TPSA) is 218 Å². The Kier molecular flexibility index (Phi) is 6.97. The Labute approximate surface area is 222 Å². The molecule has 0 spiro atoms. The number of rotatable bonds is 9. The smallest absolute Gasteiger partial charge is 0.352 e. The normalized spacial score (nSPS) is 19.1. The van der Waals surface area contributed by atoms with Gasteiger partial charge in [0.05, 0.1) is 5.56 Å². The van der Waals surface area contributed by atoms with E-state index in [1.807, 2.05) is 0 Å². The second-order valence-corrected chi connectivity index (χ2v) is 9.82. The number of nitrogens with one attached hydrogen (secondary N) is 2. The highest BCUT2D eigenvalue weighted by atomic mass is 32.2. The summed E-state index contributed by atoms with van der Waals surface area (Å²) in [5.74, 6) is -1.85. The van der Waals surface area contributed by atoms with E-state index in [1.54, 1.807) is 36.0 Å². The van der Waals surface area contributed by atoms with Crippen molar-refractivity contribution >= 4 is 51.9 Å². The fourth-order valence-corrected chi connectivity index (χ4v) is 5.69. The number of aromatic nitrogens is 7. The lowest BCUT2D eigenvalue weighted by molar-refractivity contribution is -0.688. The first-order chi connectivity index (χ1) is 18.4. The summed E-state index contributed by atoms with van der Waals surface area (Å²) >= 11 is 2.22. The van der Waals surface area contributed by atoms with E-state index in [-0.39, 0.29) is 35.5 Å². The SMILES string of the molecule is CCON=C(C(=O)NC1C(=O)N2C(C(=O)O)=C(C[n+]3cccc(-c4nn[nH]n4)c3)CS[C@@H]12)c1nsc(N)n1. The van der Waals surface area contributed by atoms with Crippen LogP contribution in [0.15, 0.2) is 41.0 Å². The average Bonchev–Trinajstić information content (AvgIpc) is 3.60. The largest absolute Gasteiger partial charge is 0.477 e. The number of carbonyl (C=O) groups is 3. The van der Waals surface area contributed by atoms with E-state index in [2.05, 4.69) is 40.5 Å². The molecule has 0 radical (unpaired) electrons. The number of fused-ring (bicyclic) bond motifs is 1. The van der Waals surface area contributed by atoms with Crippen LogP contribution >= 0.6 is 23.3 Å². The molecule has 2 aliphatic heterocycles. The molecule has 2 atom stereocenters. The Morgan fingerprint density at radius 2 is 2.29 bits per heavy atom. The van der Waals surface area contributed by atoms with Crippen molar-refractivity contribution in [1.29, 1.82) is 0 Å². The molecule has 18 heteroatoms. The molecule has 1 fully saturated rings. The molecule has 1 unspecified atom stereocenters. The number of carboxylic acids is 1. The van der Waals surface area contributed by atoms with Crippen LogP contribution in [-0.2, 0) is 25.8 Å². The lowest BCUT2D eigenvalue weighted by Gasteiger charge is -2.49. The van der Waals surface area contributed by atoms with Gasteiger partial charge in [-0.15, -0.1) is 22.0 Å². The van der Waals surface area contributed by atoms with Gasteiger partial charge in [0.25, 0.3) is 11.8 Å². The van der Waals surface area contributed by atoms with Crippen molar-refractivity contribution in [1.82, 2.24) is 40.2 Å². The highest BCUT2D eigenvalue weighted by molar-refractivity contribution is 8.00. The van der Waals surface area contributed by atoms with Gasteiger partial charge in [-0.25, -0.2) is 9.36 Å². The summed E-state index contributed by atoms with van der Waals surface area (Å²) in [4.78, 5) is 48.4. The third kappa shape index (κ3) is 4.77. The Balaban J connectivity index is 1.35. The van der Waals surface area contributed by atoms with E-state index in [9.17, 15) is 19.5 Å². The highest BCUT2D eigenvalue weighted by Gasteiger charge is 2.55. The number of oxime groups is 1. The van der Waals surface area contributed by atoms with Crippen molar-refractivity contribution in [3.63, 3.8) is 0 Å². The van der Waals surface area contributed by atoms with Gasteiger partial charge in [-0.05, 0) is 18.2 Å². The molecule has 0 aliphatic carbocycles. The minimum absolute atomic E-state index is 0.0353. The Bertz CT molecular complexity index is 1450. The number of carboxylic acid groups (broad SMARTS) is 1. The molecular weight excluding hydrogens is 538 g/mol. The first-order valence-corrected chi connectivity index (χ1v) is 12.9. The molecule has 38 heavy (non-hydrogen) atoms. The second kappa shape index (κ2) is 10.5. The number of nitrogen functional groups attached to an aromatic ring is 1. The van der Waals surface area contributed by atoms with Crippen molar-refractivity contribution in [2.24, 2.45) is 5.16 Å². The quantitative estimate of drug-likeness (QED) is 0.105. The molecule has 0 bridgehead atoms. The molecule has 2 aliphatic rings. The third-order valence-corrected chi connectivity index (χ3v) is 7.41. The number of pyridine rings is 1. The molecule has 1 saturated heterocycles. The maximum atomic E-state index is 13.1. The van der Waals surface area contributed by atoms with Crippen molar-refractivity contribution in [2.45, 2.75) is 24.9 Å². The van der Waals surface area contributed by atoms with Crippen molar-refractivity contribution in [2.75, 3.05) is 18.1 Å². The number of tetrazole rings is 1. The summed E-state index contributed by atoms with van der Waals surface area (Å²) < 4.78 is 5.76. The number of thioether (sulfide) groups is 1. The van der Waals surface area contributed by atoms with Crippen LogP contribution in [0.2, 0.25) is 0 Å². The Morgan fingerprint density at radius 1 is 1.45 bits per heavy atom. The van der Waals surface area contributed by atoms with E-state index >= 15 is 0 Å². The summed E-state index contributed by atoms with van der Waals surface area (Å²) in [6.07, 6.45) is 3.53. The number of amides is 2. The highest BCUT2D eigenvalue weighted by Crippen LogP contribution is 2.40. The first-order valence-electron chi connectivity index (χ1n) is 11.1. The fraction of sp³-hybridized carbons (Fsp3) is 0.300. The third-order valence-electron chi connectivity index (χ3n) is 5.53. The standard InChI is InChI=1S/C20H19N11O5S2/c1-2-36-26-11(15-23-20(21)38-27-15)16(32)22-12-17(33)31-13(19(34)35)10(8-37-18(12)31)7-30-5-3-4-9(6-30)14-24-28-29-25-14/h3-6,12,18H,2,7-8H2,1H3,(H4-,21,22,23,24,25,27,28,29,32,34,35)/p+1/t12?,18-/m0/s1. The molecule has 3 aromatic rings. The number of hydrogen-bond donors (Lipinski definition) is 4. The van der Waals surface area contributed by atoms with Gasteiger partial charge >= 0.3 is 5.97 Å². The van der Waals surface area contributed by atoms with Crippen LogP contribution < -0.4 is 15.6 Å². The van der Waals surface area contributed by atoms with Crippen LogP contribution in [0.1, 0.15) is 12.7 Å². The summed E-state index contributed by atoms with van der Waals surface area (Å²) in [6.45, 7) is 2.09. The number of H-pyrrole nitrogens is 1. The molecule has 2 amide bonds. The van der Waals surface area contributed by atoms with E-state index < -0.39 is 29.2 Å². The molecule has 0 saturated carbocycles. The van der Waals surface area contributed by atoms with Crippen LogP contribution in [0.5, 0.6) is 0 Å². The van der Waals surface area contributed by atoms with E-state index in [4.69, 9.17) is 10.6 Å². The van der Waals surface area contributed by atoms with Gasteiger partial charge in [0.15, 0.2) is 24.1 Å². The summed E-state index contributed by atoms with van der Waals surface area (Å²) in [6, 6.07) is 2.60. The van der Waals surface area contributed by atoms with Crippen LogP contribution in [0, 0.1) is 0 Å². The minimum atomic E-state index is -1.24. The van der Waals surface area contributed by atoms with Gasteiger partial charge in [0, 0.05) is 28.9 Å². The van der Waals surface area contributed by atoms with Gasteiger partial charge in [0.2, 0.25) is 17.4 Å². The fourth-order valence-electron chi connectivity index (χ4n) is 3.92. The zero-order valence-electron chi connectivity index (χ0n) is 19.6. The average molecular weight is 559 g/mol. The molecule has 196 valence electrons. The molecule has 3 aromatic heterocycles. The molecule has 5 heterocycles. The van der Waals surface area contributed by atoms with Crippen molar-refractivity contribution in [3.8, 4) is 11.4 Å².